The molecule has 2 unspecified atom stereocenters. The van der Waals surface area contributed by atoms with Gasteiger partial charge in [-0.15, -0.1) is 0 Å². The lowest BCUT2D eigenvalue weighted by molar-refractivity contribution is -0.118. The van der Waals surface area contributed by atoms with Gasteiger partial charge in [-0.1, -0.05) is 48.3 Å². The van der Waals surface area contributed by atoms with Gasteiger partial charge >= 0.3 is 0 Å². The second kappa shape index (κ2) is 6.62. The lowest BCUT2D eigenvalue weighted by atomic mass is 9.80. The molecule has 0 spiro atoms. The summed E-state index contributed by atoms with van der Waals surface area (Å²) in [5.41, 5.74) is 4.07. The Hall–Kier alpha value is -1.81. The molecule has 2 heterocycles. The fourth-order valence-electron chi connectivity index (χ4n) is 5.10. The number of benzene rings is 2. The van der Waals surface area contributed by atoms with Crippen molar-refractivity contribution in [1.29, 1.82) is 0 Å². The van der Waals surface area contributed by atoms with Gasteiger partial charge in [0.1, 0.15) is 5.76 Å². The predicted octanol–water partition coefficient (Wildman–Crippen LogP) is 5.87. The van der Waals surface area contributed by atoms with E-state index in [0.717, 1.165) is 41.5 Å². The summed E-state index contributed by atoms with van der Waals surface area (Å²) >= 11 is 12.4. The summed E-state index contributed by atoms with van der Waals surface area (Å²) in [5.74, 6) is -0.199. The van der Waals surface area contributed by atoms with Crippen LogP contribution in [0, 0.1) is 11.8 Å². The number of allylic oxidation sites excluding steroid dienone is 1. The first-order valence-corrected chi connectivity index (χ1v) is 10.5. The number of ketones is 1. The lowest BCUT2D eigenvalue weighted by Crippen LogP contribution is -2.29. The molecule has 2 aromatic rings. The second-order valence-corrected chi connectivity index (χ2v) is 8.66. The van der Waals surface area contributed by atoms with Crippen LogP contribution in [0.2, 0.25) is 10.0 Å². The van der Waals surface area contributed by atoms with E-state index in [-0.39, 0.29) is 35.6 Å². The normalized spacial score (nSPS) is 28.3. The van der Waals surface area contributed by atoms with E-state index in [2.05, 4.69) is 6.92 Å². The van der Waals surface area contributed by atoms with Gasteiger partial charge in [-0.25, -0.2) is 0 Å². The second-order valence-electron chi connectivity index (χ2n) is 7.82. The smallest absolute Gasteiger partial charge is 0.173 e. The molecule has 2 fully saturated rings. The summed E-state index contributed by atoms with van der Waals surface area (Å²) in [6.45, 7) is 2.05. The fourth-order valence-corrected chi connectivity index (χ4v) is 5.61. The quantitative estimate of drug-likeness (QED) is 0.682. The number of aliphatic hydroxyl groups is 1. The first-order chi connectivity index (χ1) is 13.5. The van der Waals surface area contributed by atoms with Crippen molar-refractivity contribution in [2.45, 2.75) is 38.4 Å². The molecule has 0 aromatic heterocycles. The molecule has 1 N–H and O–H groups in total. The highest BCUT2D eigenvalue weighted by molar-refractivity contribution is 6.36. The van der Waals surface area contributed by atoms with Crippen molar-refractivity contribution >= 4 is 34.6 Å². The summed E-state index contributed by atoms with van der Waals surface area (Å²) in [5, 5.41) is 12.1. The van der Waals surface area contributed by atoms with Gasteiger partial charge in [-0.3, -0.25) is 4.79 Å². The molecule has 5 rings (SSSR count). The Labute approximate surface area is 173 Å². The summed E-state index contributed by atoms with van der Waals surface area (Å²) in [7, 11) is 0. The van der Waals surface area contributed by atoms with Gasteiger partial charge in [0.2, 0.25) is 0 Å². The van der Waals surface area contributed by atoms with E-state index in [1.807, 2.05) is 24.3 Å². The number of halogens is 2. The number of aliphatic hydroxyl groups excluding tert-OH is 1. The van der Waals surface area contributed by atoms with Crippen LogP contribution in [0.1, 0.15) is 30.9 Å². The standard InChI is InChI=1S/C23H20Cl2O3/c1-2-11-3-4-12(14-6-5-13(24)10-16(14)25)9-15(11)19-22(26)20-17-7-8-18(28-17)21(20)23(19)27/h3-6,9-10,17-18,20-21,26H,2,7-8H2,1H3/t17?,18?,20-,21+/m0/s1. The number of rotatable bonds is 3. The minimum atomic E-state index is -0.235. The molecule has 2 aliphatic heterocycles. The number of carbonyl (C=O) groups excluding carboxylic acids is 1. The van der Waals surface area contributed by atoms with Gasteiger partial charge in [0, 0.05) is 15.6 Å². The zero-order chi connectivity index (χ0) is 19.6. The minimum Gasteiger partial charge on any atom is -0.511 e. The van der Waals surface area contributed by atoms with Crippen molar-refractivity contribution in [3.63, 3.8) is 0 Å². The third-order valence-corrected chi connectivity index (χ3v) is 6.94. The topological polar surface area (TPSA) is 46.5 Å². The lowest BCUT2D eigenvalue weighted by Gasteiger charge is -2.19. The number of hydrogen-bond acceptors (Lipinski definition) is 3. The third-order valence-electron chi connectivity index (χ3n) is 6.40. The van der Waals surface area contributed by atoms with E-state index in [4.69, 9.17) is 27.9 Å². The number of carbonyl (C=O) groups is 1. The molecule has 28 heavy (non-hydrogen) atoms. The first kappa shape index (κ1) is 18.2. The Morgan fingerprint density at radius 2 is 1.79 bits per heavy atom. The molecule has 0 amide bonds. The third kappa shape index (κ3) is 2.57. The number of fused-ring (bicyclic) bond motifs is 5. The Bertz CT molecular complexity index is 1030. The van der Waals surface area contributed by atoms with Gasteiger partial charge in [-0.05, 0) is 54.2 Å². The average molecular weight is 415 g/mol. The molecule has 2 bridgehead atoms. The largest absolute Gasteiger partial charge is 0.511 e. The van der Waals surface area contributed by atoms with Gasteiger partial charge in [0.15, 0.2) is 5.78 Å². The van der Waals surface area contributed by atoms with Gasteiger partial charge in [0.05, 0.1) is 29.6 Å². The molecule has 3 nitrogen and oxygen atoms in total. The van der Waals surface area contributed by atoms with E-state index in [1.165, 1.54) is 0 Å². The van der Waals surface area contributed by atoms with Crippen molar-refractivity contribution in [1.82, 2.24) is 0 Å². The maximum atomic E-state index is 13.3. The zero-order valence-corrected chi connectivity index (χ0v) is 16.9. The maximum Gasteiger partial charge on any atom is 0.173 e. The number of ether oxygens (including phenoxy) is 1. The Morgan fingerprint density at radius 3 is 2.46 bits per heavy atom. The van der Waals surface area contributed by atoms with Crippen LogP contribution in [0.3, 0.4) is 0 Å². The van der Waals surface area contributed by atoms with Crippen LogP contribution in [0.4, 0.5) is 0 Å². The monoisotopic (exact) mass is 414 g/mol. The van der Waals surface area contributed by atoms with E-state index >= 15 is 0 Å². The van der Waals surface area contributed by atoms with Crippen LogP contribution in [0.5, 0.6) is 0 Å². The van der Waals surface area contributed by atoms with Gasteiger partial charge < -0.3 is 9.84 Å². The molecule has 0 radical (unpaired) electrons. The molecule has 2 saturated heterocycles. The molecule has 0 saturated carbocycles. The van der Waals surface area contributed by atoms with E-state index in [0.29, 0.717) is 15.6 Å². The van der Waals surface area contributed by atoms with Crippen molar-refractivity contribution in [2.75, 3.05) is 0 Å². The van der Waals surface area contributed by atoms with Crippen molar-refractivity contribution in [2.24, 2.45) is 11.8 Å². The Kier molecular flexibility index (Phi) is 4.31. The van der Waals surface area contributed by atoms with E-state index < -0.39 is 0 Å². The summed E-state index contributed by atoms with van der Waals surface area (Å²) in [6, 6.07) is 11.4. The fraction of sp³-hybridized carbons (Fsp3) is 0.348. The van der Waals surface area contributed by atoms with Crippen LogP contribution in [0.25, 0.3) is 16.7 Å². The zero-order valence-electron chi connectivity index (χ0n) is 15.4. The molecule has 144 valence electrons. The summed E-state index contributed by atoms with van der Waals surface area (Å²) in [6.07, 6.45) is 2.50. The van der Waals surface area contributed by atoms with Crippen molar-refractivity contribution in [3.05, 3.63) is 63.3 Å². The Morgan fingerprint density at radius 1 is 1.04 bits per heavy atom. The average Bonchev–Trinajstić information content (AvgIpc) is 3.35. The molecule has 5 heteroatoms. The van der Waals surface area contributed by atoms with Crippen molar-refractivity contribution < 1.29 is 14.6 Å². The first-order valence-electron chi connectivity index (χ1n) is 9.71. The number of hydrogen-bond donors (Lipinski definition) is 1. The summed E-state index contributed by atoms with van der Waals surface area (Å²) < 4.78 is 5.90. The van der Waals surface area contributed by atoms with Crippen molar-refractivity contribution in [3.8, 4) is 11.1 Å². The van der Waals surface area contributed by atoms with Crippen LogP contribution in [0.15, 0.2) is 42.2 Å². The van der Waals surface area contributed by atoms with E-state index in [1.54, 1.807) is 12.1 Å². The maximum absolute atomic E-state index is 13.3. The van der Waals surface area contributed by atoms with Crippen LogP contribution >= 0.6 is 23.2 Å². The highest BCUT2D eigenvalue weighted by Gasteiger charge is 2.59. The van der Waals surface area contributed by atoms with Gasteiger partial charge in [-0.2, -0.15) is 0 Å². The molecule has 3 aliphatic rings. The molecule has 4 atom stereocenters. The van der Waals surface area contributed by atoms with Crippen LogP contribution < -0.4 is 0 Å². The van der Waals surface area contributed by atoms with Gasteiger partial charge in [0.25, 0.3) is 0 Å². The SMILES string of the molecule is CCc1ccc(-c2ccc(Cl)cc2Cl)cc1C1=C(O)[C@H]2C3CCC(O3)[C@H]2C1=O. The van der Waals surface area contributed by atoms with E-state index in [9.17, 15) is 9.90 Å². The van der Waals surface area contributed by atoms with Crippen LogP contribution in [-0.4, -0.2) is 23.1 Å². The molecular formula is C23H20Cl2O3. The molecular weight excluding hydrogens is 395 g/mol. The number of Topliss-reactive ketones (excluding diaryl/α,β-unsaturated/α-hetero) is 1. The summed E-state index contributed by atoms with van der Waals surface area (Å²) in [4.78, 5) is 13.3. The predicted molar refractivity (Wildman–Crippen MR) is 111 cm³/mol. The Balaban J connectivity index is 1.64. The van der Waals surface area contributed by atoms with Crippen LogP contribution in [-0.2, 0) is 16.0 Å². The number of aryl methyl sites for hydroxylation is 1. The molecule has 2 aromatic carbocycles. The highest BCUT2D eigenvalue weighted by atomic mass is 35.5. The minimum absolute atomic E-state index is 0.0174. The highest BCUT2D eigenvalue weighted by Crippen LogP contribution is 2.54. The molecule has 1 aliphatic carbocycles.